The zero-order chi connectivity index (χ0) is 54.6. The van der Waals surface area contributed by atoms with E-state index in [9.17, 15) is 107 Å². The second-order valence-corrected chi connectivity index (χ2v) is 19.5. The van der Waals surface area contributed by atoms with Crippen LogP contribution in [0.25, 0.3) is 0 Å². The maximum atomic E-state index is 13.1. The first-order valence-corrected chi connectivity index (χ1v) is 25.2. The molecule has 0 saturated carbocycles. The summed E-state index contributed by atoms with van der Waals surface area (Å²) < 4.78 is 198. The summed E-state index contributed by atoms with van der Waals surface area (Å²) in [4.78, 5) is 50.2. The summed E-state index contributed by atoms with van der Waals surface area (Å²) in [6.45, 7) is 2.20. The number of carbonyl (C=O) groups excluding carboxylic acids is 2. The van der Waals surface area contributed by atoms with Gasteiger partial charge in [-0.25, -0.2) is 26.3 Å². The second kappa shape index (κ2) is 24.5. The summed E-state index contributed by atoms with van der Waals surface area (Å²) in [6, 6.07) is -4.19. The Hall–Kier alpha value is -3.42. The summed E-state index contributed by atoms with van der Waals surface area (Å²) in [5, 5.41) is 78.0. The van der Waals surface area contributed by atoms with Crippen molar-refractivity contribution in [2.45, 2.75) is 137 Å². The Bertz CT molecular complexity index is 2390. The lowest BCUT2D eigenvalue weighted by atomic mass is 9.94. The first-order valence-electron chi connectivity index (χ1n) is 19.8. The Morgan fingerprint density at radius 1 is 0.514 bits per heavy atom. The third-order valence-corrected chi connectivity index (χ3v) is 12.0. The van der Waals surface area contributed by atoms with Gasteiger partial charge in [-0.3, -0.25) is 27.8 Å². The maximum absolute atomic E-state index is 13.1. The topological polar surface area (TPSA) is 562 Å². The molecule has 4 heterocycles. The summed E-state index contributed by atoms with van der Waals surface area (Å²) in [6.07, 6.45) is -45.9. The van der Waals surface area contributed by atoms with Gasteiger partial charge in [-0.1, -0.05) is 6.08 Å². The lowest BCUT2D eigenvalue weighted by molar-refractivity contribution is -0.364. The largest absolute Gasteiger partial charge is 0.479 e. The molecule has 416 valence electrons. The molecule has 41 heteroatoms. The fraction of sp³-hybridized carbons (Fsp3) is 0.806. The second-order valence-electron chi connectivity index (χ2n) is 15.3. The molecular formula is C31H48N2O35S4. The zero-order valence-electron chi connectivity index (χ0n) is 36.3. The van der Waals surface area contributed by atoms with Crippen LogP contribution in [-0.2, 0) is 115 Å². The lowest BCUT2D eigenvalue weighted by Crippen LogP contribution is -2.71. The zero-order valence-corrected chi connectivity index (χ0v) is 39.6. The van der Waals surface area contributed by atoms with Crippen LogP contribution in [0.5, 0.6) is 0 Å². The van der Waals surface area contributed by atoms with Gasteiger partial charge >= 0.3 is 53.5 Å². The minimum absolute atomic E-state index is 0.370. The molecule has 0 bridgehead atoms. The molecule has 0 aromatic carbocycles. The number of carboxylic acids is 2. The van der Waals surface area contributed by atoms with Crippen molar-refractivity contribution in [1.29, 1.82) is 0 Å². The van der Waals surface area contributed by atoms with Crippen molar-refractivity contribution >= 4 is 65.3 Å². The summed E-state index contributed by atoms with van der Waals surface area (Å²) in [5.41, 5.74) is 0. The number of amides is 2. The molecule has 0 aliphatic carbocycles. The number of carbonyl (C=O) groups is 4. The number of ether oxygens (including phenoxy) is 8. The lowest BCUT2D eigenvalue weighted by Gasteiger charge is -2.50. The van der Waals surface area contributed by atoms with Crippen LogP contribution in [0.2, 0.25) is 0 Å². The number of aliphatic carboxylic acids is 2. The molecule has 4 saturated heterocycles. The van der Waals surface area contributed by atoms with Crippen molar-refractivity contribution in [3.8, 4) is 0 Å². The molecule has 0 spiro atoms. The minimum atomic E-state index is -6.09. The van der Waals surface area contributed by atoms with Crippen LogP contribution in [0.15, 0.2) is 12.7 Å². The Balaban J connectivity index is 1.91. The summed E-state index contributed by atoms with van der Waals surface area (Å²) in [7, 11) is -23.9. The van der Waals surface area contributed by atoms with Crippen molar-refractivity contribution in [3.05, 3.63) is 12.7 Å². The van der Waals surface area contributed by atoms with Gasteiger partial charge in [0.05, 0.1) is 19.8 Å². The van der Waals surface area contributed by atoms with Gasteiger partial charge in [-0.15, -0.1) is 6.58 Å². The van der Waals surface area contributed by atoms with Crippen molar-refractivity contribution < 1.29 is 161 Å². The predicted molar refractivity (Wildman–Crippen MR) is 214 cm³/mol. The highest BCUT2D eigenvalue weighted by Crippen LogP contribution is 2.38. The quantitative estimate of drug-likeness (QED) is 0.0334. The van der Waals surface area contributed by atoms with Crippen LogP contribution in [0.1, 0.15) is 13.8 Å². The predicted octanol–water partition coefficient (Wildman–Crippen LogP) is -8.76. The smallest absolute Gasteiger partial charge is 0.397 e. The Morgan fingerprint density at radius 2 is 0.875 bits per heavy atom. The van der Waals surface area contributed by atoms with Crippen molar-refractivity contribution in [2.24, 2.45) is 0 Å². The van der Waals surface area contributed by atoms with Gasteiger partial charge in [-0.2, -0.15) is 33.7 Å². The highest BCUT2D eigenvalue weighted by Gasteiger charge is 2.61. The van der Waals surface area contributed by atoms with Crippen LogP contribution < -0.4 is 10.6 Å². The number of hydrogen-bond acceptors (Lipinski definition) is 29. The number of aliphatic hydroxyl groups excluding tert-OH is 5. The maximum Gasteiger partial charge on any atom is 0.397 e. The van der Waals surface area contributed by atoms with Crippen molar-refractivity contribution in [2.75, 3.05) is 19.8 Å². The molecule has 0 radical (unpaired) electrons. The molecule has 72 heavy (non-hydrogen) atoms. The van der Waals surface area contributed by atoms with Gasteiger partial charge in [0.15, 0.2) is 49.6 Å². The molecule has 20 atom stereocenters. The molecule has 0 unspecified atom stereocenters. The van der Waals surface area contributed by atoms with E-state index in [1.54, 1.807) is 0 Å². The van der Waals surface area contributed by atoms with Crippen LogP contribution in [-0.4, -0.2) is 254 Å². The van der Waals surface area contributed by atoms with Gasteiger partial charge in [0, 0.05) is 13.8 Å². The molecule has 13 N–H and O–H groups in total. The monoisotopic (exact) mass is 1140 g/mol. The average molecular weight is 1140 g/mol. The van der Waals surface area contributed by atoms with Crippen LogP contribution in [0.3, 0.4) is 0 Å². The van der Waals surface area contributed by atoms with Crippen LogP contribution in [0, 0.1) is 0 Å². The van der Waals surface area contributed by atoms with E-state index in [0.717, 1.165) is 6.92 Å². The molecule has 4 aliphatic rings. The fourth-order valence-electron chi connectivity index (χ4n) is 7.51. The number of rotatable bonds is 23. The Morgan fingerprint density at radius 3 is 1.26 bits per heavy atom. The van der Waals surface area contributed by atoms with E-state index in [1.165, 1.54) is 6.08 Å². The molecule has 4 aliphatic heterocycles. The molecule has 0 aromatic heterocycles. The minimum Gasteiger partial charge on any atom is -0.479 e. The first kappa shape index (κ1) is 61.1. The number of carboxylic acid groups (broad SMARTS) is 2. The highest BCUT2D eigenvalue weighted by molar-refractivity contribution is 7.81. The Labute approximate surface area is 405 Å². The molecule has 2 amide bonds. The van der Waals surface area contributed by atoms with E-state index >= 15 is 0 Å². The molecular weight excluding hydrogens is 1090 g/mol. The van der Waals surface area contributed by atoms with Gasteiger partial charge in [0.1, 0.15) is 73.1 Å². The fourth-order valence-corrected chi connectivity index (χ4v) is 9.48. The molecule has 37 nitrogen and oxygen atoms in total. The molecule has 4 fully saturated rings. The van der Waals surface area contributed by atoms with E-state index in [0.29, 0.717) is 6.92 Å². The van der Waals surface area contributed by atoms with Crippen molar-refractivity contribution in [1.82, 2.24) is 10.6 Å². The number of aliphatic hydroxyl groups is 5. The van der Waals surface area contributed by atoms with Gasteiger partial charge < -0.3 is 84.3 Å². The third kappa shape index (κ3) is 16.3. The SMILES string of the molecule is C=CCO[C@@H]1O[C@H](CO)[C@H](O)[C@H](O[C@@H]2O[C@H](C(=O)O)[C@@H](O[C@@H]3O[C@H](CO)[C@H](O)[C@H](O[C@@H]4O[C@H](C(=O)O)[C@@H](O)[C@H](OS(=O)(=O)O)[C@H]4OS(=O)(=O)O)[C@H]3NC(C)=O)[C@H](OS(=O)(=O)O)[C@H]2OS(=O)(=O)O)[C@H]1NC(C)=O. The van der Waals surface area contributed by atoms with Gasteiger partial charge in [-0.05, 0) is 0 Å². The highest BCUT2D eigenvalue weighted by atomic mass is 32.3. The van der Waals surface area contributed by atoms with E-state index in [2.05, 4.69) is 28.6 Å². The normalized spacial score (nSPS) is 38.0. The van der Waals surface area contributed by atoms with Gasteiger partial charge in [0.2, 0.25) is 11.8 Å². The van der Waals surface area contributed by atoms with Crippen LogP contribution >= 0.6 is 0 Å². The third-order valence-electron chi connectivity index (χ3n) is 10.1. The van der Waals surface area contributed by atoms with E-state index < -0.39 is 201 Å². The molecule has 4 rings (SSSR count). The molecule has 0 aromatic rings. The van der Waals surface area contributed by atoms with Crippen LogP contribution in [0.4, 0.5) is 0 Å². The summed E-state index contributed by atoms with van der Waals surface area (Å²) >= 11 is 0. The standard InChI is InChI=1S/C31H48N2O35S4/c1-4-5-57-28-12(32-8(2)36)17(14(38)10(6-34)58-28)60-31-25(68-72(54,55)56)22(66-70(48,49)50)21(23(64-31)27(43)44)63-29-13(33-9(3)37)18(15(39)11(7-35)59-29)61-30-24(67-71(51,52)53)19(65-69(45,46)47)16(40)20(62-30)26(41)42/h4,10-25,28-31,34-35,38-40H,1,5-7H2,2-3H3,(H,32,36)(H,33,37)(H,41,42)(H,43,44)(H,45,46,47)(H,48,49,50)(H,51,52,53)(H,54,55,56)/t10-,11-,12-,13-,14+,15+,16+,17-,18-,19+,20+,21+,22+,23+,24-,25-,28-,29+,30-,31-/m1/s1. The average Bonchev–Trinajstić information content (AvgIpc) is 3.22. The van der Waals surface area contributed by atoms with E-state index in [-0.39, 0.29) is 6.61 Å². The Kier molecular flexibility index (Phi) is 20.8. The number of hydrogen-bond donors (Lipinski definition) is 13. The summed E-state index contributed by atoms with van der Waals surface area (Å²) in [5.74, 6) is -6.68. The first-order chi connectivity index (χ1) is 33.1. The number of nitrogens with one attached hydrogen (secondary N) is 2. The van der Waals surface area contributed by atoms with E-state index in [4.69, 9.17) is 37.9 Å². The van der Waals surface area contributed by atoms with E-state index in [1.807, 2.05) is 5.32 Å². The van der Waals surface area contributed by atoms with Crippen molar-refractivity contribution in [3.63, 3.8) is 0 Å². The van der Waals surface area contributed by atoms with Gasteiger partial charge in [0.25, 0.3) is 0 Å².